The minimum Gasteiger partial charge on any atom is -0.486 e. The van der Waals surface area contributed by atoms with E-state index in [9.17, 15) is 0 Å². The van der Waals surface area contributed by atoms with E-state index >= 15 is 0 Å². The van der Waals surface area contributed by atoms with Crippen LogP contribution >= 0.6 is 0 Å². The molecule has 1 fully saturated rings. The highest BCUT2D eigenvalue weighted by atomic mass is 16.5. The van der Waals surface area contributed by atoms with Crippen molar-refractivity contribution in [2.24, 2.45) is 0 Å². The second-order valence-electron chi connectivity index (χ2n) is 5.99. The molecule has 3 heteroatoms. The Labute approximate surface area is 115 Å². The van der Waals surface area contributed by atoms with E-state index in [2.05, 4.69) is 42.3 Å². The molecule has 1 aromatic carbocycles. The lowest BCUT2D eigenvalue weighted by atomic mass is 9.99. The third kappa shape index (κ3) is 2.63. The maximum absolute atomic E-state index is 6.41. The van der Waals surface area contributed by atoms with Crippen molar-refractivity contribution in [1.82, 2.24) is 10.2 Å². The summed E-state index contributed by atoms with van der Waals surface area (Å²) in [6.45, 7) is 9.81. The number of hydrogen-bond donors (Lipinski definition) is 1. The molecule has 0 bridgehead atoms. The SMILES string of the molecule is CCN1CCC(C)(Oc2cccc3c2CNCC3)C1. The molecule has 0 aromatic heterocycles. The van der Waals surface area contributed by atoms with Crippen molar-refractivity contribution < 1.29 is 4.74 Å². The molecular formula is C16H24N2O. The zero-order valence-corrected chi connectivity index (χ0v) is 12.0. The fourth-order valence-electron chi connectivity index (χ4n) is 3.22. The molecule has 2 heterocycles. The molecule has 19 heavy (non-hydrogen) atoms. The van der Waals surface area contributed by atoms with Crippen molar-refractivity contribution in [1.29, 1.82) is 0 Å². The molecule has 3 rings (SSSR count). The Bertz CT molecular complexity index is 460. The van der Waals surface area contributed by atoms with Gasteiger partial charge in [-0.25, -0.2) is 0 Å². The first-order chi connectivity index (χ1) is 9.20. The molecule has 0 radical (unpaired) electrons. The molecular weight excluding hydrogens is 236 g/mol. The summed E-state index contributed by atoms with van der Waals surface area (Å²) in [5.74, 6) is 1.09. The number of nitrogens with one attached hydrogen (secondary N) is 1. The summed E-state index contributed by atoms with van der Waals surface area (Å²) in [6.07, 6.45) is 2.24. The highest BCUT2D eigenvalue weighted by molar-refractivity contribution is 5.42. The lowest BCUT2D eigenvalue weighted by Crippen LogP contribution is -2.37. The highest BCUT2D eigenvalue weighted by Gasteiger charge is 2.35. The van der Waals surface area contributed by atoms with Crippen LogP contribution in [0, 0.1) is 0 Å². The van der Waals surface area contributed by atoms with E-state index in [0.717, 1.165) is 51.3 Å². The first-order valence-corrected chi connectivity index (χ1v) is 7.43. The summed E-state index contributed by atoms with van der Waals surface area (Å²) in [7, 11) is 0. The molecule has 1 saturated heterocycles. The summed E-state index contributed by atoms with van der Waals surface area (Å²) in [5, 5.41) is 3.45. The second kappa shape index (κ2) is 5.14. The van der Waals surface area contributed by atoms with Gasteiger partial charge in [-0.15, -0.1) is 0 Å². The summed E-state index contributed by atoms with van der Waals surface area (Å²) in [5.41, 5.74) is 2.79. The molecule has 2 aliphatic heterocycles. The third-order valence-electron chi connectivity index (χ3n) is 4.42. The van der Waals surface area contributed by atoms with E-state index in [4.69, 9.17) is 4.74 Å². The Kier molecular flexibility index (Phi) is 3.50. The predicted octanol–water partition coefficient (Wildman–Crippen LogP) is 2.20. The zero-order valence-electron chi connectivity index (χ0n) is 12.0. The molecule has 1 atom stereocenters. The highest BCUT2D eigenvalue weighted by Crippen LogP contribution is 2.32. The van der Waals surface area contributed by atoms with Gasteiger partial charge in [-0.1, -0.05) is 19.1 Å². The van der Waals surface area contributed by atoms with Crippen molar-refractivity contribution in [2.45, 2.75) is 38.8 Å². The third-order valence-corrected chi connectivity index (χ3v) is 4.42. The molecule has 1 aromatic rings. The van der Waals surface area contributed by atoms with Crippen LogP contribution in [0.5, 0.6) is 5.75 Å². The lowest BCUT2D eigenvalue weighted by Gasteiger charge is -2.29. The first-order valence-electron chi connectivity index (χ1n) is 7.43. The fraction of sp³-hybridized carbons (Fsp3) is 0.625. The lowest BCUT2D eigenvalue weighted by molar-refractivity contribution is 0.0953. The number of rotatable bonds is 3. The molecule has 0 saturated carbocycles. The summed E-state index contributed by atoms with van der Waals surface area (Å²) in [4.78, 5) is 2.47. The number of likely N-dealkylation sites (tertiary alicyclic amines) is 1. The van der Waals surface area contributed by atoms with Gasteiger partial charge in [-0.05, 0) is 38.1 Å². The van der Waals surface area contributed by atoms with Crippen LogP contribution in [0.3, 0.4) is 0 Å². The largest absolute Gasteiger partial charge is 0.486 e. The van der Waals surface area contributed by atoms with Crippen LogP contribution in [0.25, 0.3) is 0 Å². The van der Waals surface area contributed by atoms with E-state index in [1.54, 1.807) is 0 Å². The van der Waals surface area contributed by atoms with Crippen LogP contribution in [0.15, 0.2) is 18.2 Å². The Morgan fingerprint density at radius 2 is 2.32 bits per heavy atom. The van der Waals surface area contributed by atoms with Gasteiger partial charge in [0.15, 0.2) is 0 Å². The average Bonchev–Trinajstić information content (AvgIpc) is 2.81. The number of nitrogens with zero attached hydrogens (tertiary/aromatic N) is 1. The van der Waals surface area contributed by atoms with E-state index in [1.165, 1.54) is 11.1 Å². The minimum absolute atomic E-state index is 0.0252. The second-order valence-corrected chi connectivity index (χ2v) is 5.99. The molecule has 3 nitrogen and oxygen atoms in total. The minimum atomic E-state index is -0.0252. The van der Waals surface area contributed by atoms with Gasteiger partial charge in [0.1, 0.15) is 11.4 Å². The van der Waals surface area contributed by atoms with E-state index in [-0.39, 0.29) is 5.60 Å². The number of benzene rings is 1. The van der Waals surface area contributed by atoms with Gasteiger partial charge in [0.05, 0.1) is 0 Å². The van der Waals surface area contributed by atoms with Gasteiger partial charge < -0.3 is 10.1 Å². The van der Waals surface area contributed by atoms with Crippen LogP contribution in [-0.4, -0.2) is 36.7 Å². The molecule has 1 N–H and O–H groups in total. The molecule has 2 aliphatic rings. The summed E-state index contributed by atoms with van der Waals surface area (Å²) in [6, 6.07) is 6.50. The van der Waals surface area contributed by atoms with Crippen LogP contribution < -0.4 is 10.1 Å². The van der Waals surface area contributed by atoms with Gasteiger partial charge >= 0.3 is 0 Å². The Balaban J connectivity index is 1.80. The van der Waals surface area contributed by atoms with Crippen molar-refractivity contribution in [3.05, 3.63) is 29.3 Å². The van der Waals surface area contributed by atoms with Crippen LogP contribution in [-0.2, 0) is 13.0 Å². The Morgan fingerprint density at radius 3 is 3.11 bits per heavy atom. The van der Waals surface area contributed by atoms with Gasteiger partial charge in [0.25, 0.3) is 0 Å². The monoisotopic (exact) mass is 260 g/mol. The maximum atomic E-state index is 6.41. The Morgan fingerprint density at radius 1 is 1.42 bits per heavy atom. The number of ether oxygens (including phenoxy) is 1. The topological polar surface area (TPSA) is 24.5 Å². The average molecular weight is 260 g/mol. The van der Waals surface area contributed by atoms with Gasteiger partial charge in [-0.3, -0.25) is 4.90 Å². The maximum Gasteiger partial charge on any atom is 0.124 e. The van der Waals surface area contributed by atoms with Crippen molar-refractivity contribution >= 4 is 0 Å². The molecule has 0 amide bonds. The molecule has 0 spiro atoms. The van der Waals surface area contributed by atoms with Gasteiger partial charge in [-0.2, -0.15) is 0 Å². The van der Waals surface area contributed by atoms with Gasteiger partial charge in [0.2, 0.25) is 0 Å². The van der Waals surface area contributed by atoms with E-state index in [0.29, 0.717) is 0 Å². The van der Waals surface area contributed by atoms with Crippen LogP contribution in [0.4, 0.5) is 0 Å². The van der Waals surface area contributed by atoms with Crippen LogP contribution in [0.1, 0.15) is 31.4 Å². The quantitative estimate of drug-likeness (QED) is 0.901. The normalized spacial score (nSPS) is 27.3. The van der Waals surface area contributed by atoms with Gasteiger partial charge in [0, 0.05) is 31.6 Å². The molecule has 104 valence electrons. The van der Waals surface area contributed by atoms with E-state index in [1.807, 2.05) is 0 Å². The Hall–Kier alpha value is -1.06. The number of fused-ring (bicyclic) bond motifs is 1. The van der Waals surface area contributed by atoms with Crippen molar-refractivity contribution in [3.63, 3.8) is 0 Å². The molecule has 0 aliphatic carbocycles. The van der Waals surface area contributed by atoms with Crippen molar-refractivity contribution in [2.75, 3.05) is 26.2 Å². The van der Waals surface area contributed by atoms with Crippen molar-refractivity contribution in [3.8, 4) is 5.75 Å². The smallest absolute Gasteiger partial charge is 0.124 e. The molecule has 1 unspecified atom stereocenters. The number of likely N-dealkylation sites (N-methyl/N-ethyl adjacent to an activating group) is 1. The first kappa shape index (κ1) is 12.9. The summed E-state index contributed by atoms with van der Waals surface area (Å²) < 4.78 is 6.41. The fourth-order valence-corrected chi connectivity index (χ4v) is 3.22. The number of hydrogen-bond acceptors (Lipinski definition) is 3. The van der Waals surface area contributed by atoms with E-state index < -0.39 is 0 Å². The van der Waals surface area contributed by atoms with Crippen LogP contribution in [0.2, 0.25) is 0 Å². The predicted molar refractivity (Wildman–Crippen MR) is 77.6 cm³/mol. The summed E-state index contributed by atoms with van der Waals surface area (Å²) >= 11 is 0. The zero-order chi connectivity index (χ0) is 13.3. The standard InChI is InChI=1S/C16H24N2O/c1-3-18-10-8-16(2,12-18)19-15-6-4-5-13-7-9-17-11-14(13)15/h4-6,17H,3,7-12H2,1-2H3.